The van der Waals surface area contributed by atoms with Gasteiger partial charge in [-0.2, -0.15) is 0 Å². The van der Waals surface area contributed by atoms with Crippen LogP contribution in [0.25, 0.3) is 11.1 Å². The molecular weight excluding hydrogens is 484 g/mol. The molecule has 190 valence electrons. The van der Waals surface area contributed by atoms with E-state index in [2.05, 4.69) is 10.0 Å². The molecule has 1 fully saturated rings. The van der Waals surface area contributed by atoms with Gasteiger partial charge in [0.1, 0.15) is 30.1 Å². The molecule has 2 aromatic rings. The zero-order valence-corrected chi connectivity index (χ0v) is 19.6. The molecule has 13 heteroatoms. The summed E-state index contributed by atoms with van der Waals surface area (Å²) in [5.74, 6) is -1.87. The number of sulfonamides is 1. The minimum atomic E-state index is -3.61. The molecule has 1 amide bonds. The van der Waals surface area contributed by atoms with Crippen molar-refractivity contribution in [3.8, 4) is 16.9 Å². The van der Waals surface area contributed by atoms with Gasteiger partial charge in [0, 0.05) is 18.2 Å². The van der Waals surface area contributed by atoms with Crippen molar-refractivity contribution < 1.29 is 47.9 Å². The van der Waals surface area contributed by atoms with Crippen LogP contribution in [-0.4, -0.2) is 84.2 Å². The average Bonchev–Trinajstić information content (AvgIpc) is 2.77. The third-order valence-corrected chi connectivity index (χ3v) is 5.81. The minimum Gasteiger partial charge on any atom is -0.478 e. The molecular formula is C22H26N2O10S. The first-order valence-corrected chi connectivity index (χ1v) is 12.3. The summed E-state index contributed by atoms with van der Waals surface area (Å²) < 4.78 is 37.1. The van der Waals surface area contributed by atoms with Gasteiger partial charge in [-0.05, 0) is 29.8 Å². The first kappa shape index (κ1) is 26.4. The predicted molar refractivity (Wildman–Crippen MR) is 123 cm³/mol. The fourth-order valence-electron chi connectivity index (χ4n) is 3.75. The van der Waals surface area contributed by atoms with Crippen molar-refractivity contribution in [1.29, 1.82) is 0 Å². The second kappa shape index (κ2) is 10.6. The molecule has 0 spiro atoms. The van der Waals surface area contributed by atoms with Crippen molar-refractivity contribution in [3.05, 3.63) is 48.0 Å². The number of amides is 1. The third kappa shape index (κ3) is 6.26. The van der Waals surface area contributed by atoms with Crippen LogP contribution in [0.1, 0.15) is 17.3 Å². The van der Waals surface area contributed by atoms with Gasteiger partial charge >= 0.3 is 5.97 Å². The van der Waals surface area contributed by atoms with Crippen molar-refractivity contribution in [2.75, 3.05) is 17.6 Å². The molecule has 0 saturated carbocycles. The lowest BCUT2D eigenvalue weighted by Gasteiger charge is -2.42. The highest BCUT2D eigenvalue weighted by Crippen LogP contribution is 2.37. The molecule has 0 aliphatic carbocycles. The first-order valence-electron chi connectivity index (χ1n) is 10.4. The van der Waals surface area contributed by atoms with E-state index in [0.29, 0.717) is 0 Å². The quantitative estimate of drug-likeness (QED) is 0.276. The number of carboxylic acid groups (broad SMARTS) is 1. The monoisotopic (exact) mass is 510 g/mol. The number of carboxylic acids is 1. The number of aliphatic hydroxyl groups is 3. The van der Waals surface area contributed by atoms with Gasteiger partial charge in [-0.25, -0.2) is 13.2 Å². The Morgan fingerprint density at radius 2 is 1.80 bits per heavy atom. The van der Waals surface area contributed by atoms with E-state index in [4.69, 9.17) is 9.47 Å². The Hall–Kier alpha value is -3.23. The van der Waals surface area contributed by atoms with Gasteiger partial charge in [-0.1, -0.05) is 18.2 Å². The number of aliphatic hydroxyl groups excluding tert-OH is 3. The van der Waals surface area contributed by atoms with Gasteiger partial charge in [-0.15, -0.1) is 0 Å². The van der Waals surface area contributed by atoms with Crippen molar-refractivity contribution in [1.82, 2.24) is 5.32 Å². The largest absolute Gasteiger partial charge is 0.478 e. The zero-order chi connectivity index (χ0) is 25.9. The molecule has 1 saturated heterocycles. The smallest absolute Gasteiger partial charge is 0.336 e. The Morgan fingerprint density at radius 1 is 1.11 bits per heavy atom. The van der Waals surface area contributed by atoms with Crippen molar-refractivity contribution in [2.45, 2.75) is 37.6 Å². The molecule has 1 heterocycles. The van der Waals surface area contributed by atoms with Crippen LogP contribution in [0.3, 0.4) is 0 Å². The predicted octanol–water partition coefficient (Wildman–Crippen LogP) is -0.254. The Bertz CT molecular complexity index is 1200. The number of aromatic carboxylic acids is 1. The number of carbonyl (C=O) groups is 2. The normalized spacial score (nSPS) is 24.4. The van der Waals surface area contributed by atoms with Crippen LogP contribution in [0.5, 0.6) is 5.75 Å². The lowest BCUT2D eigenvalue weighted by Crippen LogP contribution is -2.65. The van der Waals surface area contributed by atoms with Crippen LogP contribution in [0.4, 0.5) is 5.69 Å². The zero-order valence-electron chi connectivity index (χ0n) is 18.8. The molecule has 0 unspecified atom stereocenters. The summed E-state index contributed by atoms with van der Waals surface area (Å²) >= 11 is 0. The molecule has 6 N–H and O–H groups in total. The van der Waals surface area contributed by atoms with Gasteiger partial charge < -0.3 is 35.2 Å². The summed E-state index contributed by atoms with van der Waals surface area (Å²) in [7, 11) is -3.61. The molecule has 1 aliphatic rings. The Labute approximate surface area is 201 Å². The van der Waals surface area contributed by atoms with E-state index < -0.39 is 59.2 Å². The Balaban J connectivity index is 2.09. The summed E-state index contributed by atoms with van der Waals surface area (Å²) in [6.07, 6.45) is -4.79. The molecule has 12 nitrogen and oxygen atoms in total. The molecule has 2 aromatic carbocycles. The number of ether oxygens (including phenoxy) is 2. The molecule has 0 bridgehead atoms. The second-order valence-electron chi connectivity index (χ2n) is 7.99. The van der Waals surface area contributed by atoms with E-state index in [1.807, 2.05) is 0 Å². The maximum Gasteiger partial charge on any atom is 0.336 e. The van der Waals surface area contributed by atoms with E-state index in [1.165, 1.54) is 43.3 Å². The second-order valence-corrected chi connectivity index (χ2v) is 9.74. The van der Waals surface area contributed by atoms with Gasteiger partial charge in [0.05, 0.1) is 18.4 Å². The summed E-state index contributed by atoms with van der Waals surface area (Å²) in [4.78, 5) is 23.7. The number of benzene rings is 2. The van der Waals surface area contributed by atoms with Crippen LogP contribution >= 0.6 is 0 Å². The SMILES string of the molecule is CC(=O)N[C@H]1[C@H](Oc2cccc(C(=O)O)c2-c2cccc(NS(C)(=O)=O)c2)O[C@H](CO)[C@H](O)[C@@H]1O. The van der Waals surface area contributed by atoms with E-state index in [-0.39, 0.29) is 28.1 Å². The maximum absolute atomic E-state index is 12.0. The summed E-state index contributed by atoms with van der Waals surface area (Å²) in [6, 6.07) is 8.86. The number of hydrogen-bond donors (Lipinski definition) is 6. The van der Waals surface area contributed by atoms with E-state index >= 15 is 0 Å². The molecule has 3 rings (SSSR count). The van der Waals surface area contributed by atoms with Crippen molar-refractivity contribution >= 4 is 27.6 Å². The van der Waals surface area contributed by atoms with E-state index in [9.17, 15) is 38.4 Å². The van der Waals surface area contributed by atoms with Crippen LogP contribution in [0.2, 0.25) is 0 Å². The van der Waals surface area contributed by atoms with Gasteiger partial charge in [0.25, 0.3) is 0 Å². The molecule has 0 radical (unpaired) electrons. The van der Waals surface area contributed by atoms with E-state index in [1.54, 1.807) is 6.07 Å². The van der Waals surface area contributed by atoms with E-state index in [0.717, 1.165) is 6.26 Å². The summed E-state index contributed by atoms with van der Waals surface area (Å²) in [5.41, 5.74) is 0.367. The van der Waals surface area contributed by atoms with Crippen LogP contribution in [-0.2, 0) is 19.6 Å². The molecule has 1 aliphatic heterocycles. The number of anilines is 1. The minimum absolute atomic E-state index is 0.0259. The highest BCUT2D eigenvalue weighted by atomic mass is 32.2. The number of rotatable bonds is 8. The molecule has 5 atom stereocenters. The van der Waals surface area contributed by atoms with Crippen molar-refractivity contribution in [2.24, 2.45) is 0 Å². The summed E-state index contributed by atoms with van der Waals surface area (Å²) in [5, 5.41) is 42.5. The molecule has 35 heavy (non-hydrogen) atoms. The van der Waals surface area contributed by atoms with Crippen LogP contribution in [0, 0.1) is 0 Å². The topological polar surface area (TPSA) is 192 Å². The lowest BCUT2D eigenvalue weighted by molar-refractivity contribution is -0.244. The third-order valence-electron chi connectivity index (χ3n) is 5.21. The van der Waals surface area contributed by atoms with Crippen molar-refractivity contribution in [3.63, 3.8) is 0 Å². The number of nitrogens with one attached hydrogen (secondary N) is 2. The van der Waals surface area contributed by atoms with Crippen LogP contribution < -0.4 is 14.8 Å². The fourth-order valence-corrected chi connectivity index (χ4v) is 4.31. The average molecular weight is 511 g/mol. The summed E-state index contributed by atoms with van der Waals surface area (Å²) in [6.45, 7) is 0.525. The van der Waals surface area contributed by atoms with Gasteiger partial charge in [0.15, 0.2) is 0 Å². The maximum atomic E-state index is 12.0. The van der Waals surface area contributed by atoms with Crippen LogP contribution in [0.15, 0.2) is 42.5 Å². The highest BCUT2D eigenvalue weighted by molar-refractivity contribution is 7.92. The Kier molecular flexibility index (Phi) is 7.97. The lowest BCUT2D eigenvalue weighted by atomic mass is 9.96. The molecule has 0 aromatic heterocycles. The fraction of sp³-hybridized carbons (Fsp3) is 0.364. The van der Waals surface area contributed by atoms with Gasteiger partial charge in [0.2, 0.25) is 22.2 Å². The number of hydrogen-bond acceptors (Lipinski definition) is 9. The number of carbonyl (C=O) groups excluding carboxylic acids is 1. The van der Waals surface area contributed by atoms with Gasteiger partial charge in [-0.3, -0.25) is 9.52 Å². The standard InChI is InChI=1S/C22H26N2O10S/c1-11(26)23-18-20(28)19(27)16(10-25)34-22(18)33-15-8-4-7-14(21(29)30)17(15)12-5-3-6-13(9-12)24-35(2,31)32/h3-9,16,18-20,22,24-25,27-28H,10H2,1-2H3,(H,23,26)(H,29,30)/t16-,18-,19+,20-,22-/m1/s1. The highest BCUT2D eigenvalue weighted by Gasteiger charge is 2.46. The Morgan fingerprint density at radius 3 is 2.40 bits per heavy atom. The first-order chi connectivity index (χ1) is 16.4.